The molecule has 70 valence electrons. The lowest BCUT2D eigenvalue weighted by molar-refractivity contribution is -0.150. The van der Waals surface area contributed by atoms with Crippen LogP contribution in [0.1, 0.15) is 5.69 Å². The standard InChI is InChI=1S/C6H6N2O4S/c9-4(5(10)11)7-1-3-2-13-6(12)8-3/h2H,1H2,(H,7,9)(H,8,12)(H,10,11). The van der Waals surface area contributed by atoms with Crippen molar-refractivity contribution in [3.05, 3.63) is 20.7 Å². The Balaban J connectivity index is 2.48. The Hall–Kier alpha value is -1.63. The Bertz CT molecular complexity index is 380. The molecule has 0 saturated carbocycles. The third-order valence-electron chi connectivity index (χ3n) is 1.20. The fourth-order valence-corrected chi connectivity index (χ4v) is 1.23. The van der Waals surface area contributed by atoms with Crippen LogP contribution in [0.4, 0.5) is 0 Å². The van der Waals surface area contributed by atoms with Crippen molar-refractivity contribution in [3.8, 4) is 0 Å². The monoisotopic (exact) mass is 202 g/mol. The molecule has 6 nitrogen and oxygen atoms in total. The number of amides is 1. The highest BCUT2D eigenvalue weighted by Gasteiger charge is 2.09. The molecular formula is C6H6N2O4S. The molecule has 0 fully saturated rings. The Labute approximate surface area is 76.2 Å². The molecule has 0 aliphatic carbocycles. The zero-order valence-electron chi connectivity index (χ0n) is 6.36. The van der Waals surface area contributed by atoms with Gasteiger partial charge in [0, 0.05) is 11.1 Å². The maximum Gasteiger partial charge on any atom is 0.394 e. The number of thiazole rings is 1. The first-order chi connectivity index (χ1) is 6.09. The summed E-state index contributed by atoms with van der Waals surface area (Å²) in [5.74, 6) is -2.63. The smallest absolute Gasteiger partial charge is 0.394 e. The van der Waals surface area contributed by atoms with Gasteiger partial charge < -0.3 is 15.4 Å². The van der Waals surface area contributed by atoms with E-state index in [4.69, 9.17) is 5.11 Å². The third kappa shape index (κ3) is 2.71. The van der Waals surface area contributed by atoms with Gasteiger partial charge in [-0.1, -0.05) is 11.3 Å². The fourth-order valence-electron chi connectivity index (χ4n) is 0.652. The first kappa shape index (κ1) is 9.46. The van der Waals surface area contributed by atoms with Crippen LogP contribution in [0.3, 0.4) is 0 Å². The summed E-state index contributed by atoms with van der Waals surface area (Å²) >= 11 is 0.955. The molecule has 0 bridgehead atoms. The second-order valence-corrected chi connectivity index (χ2v) is 3.00. The number of carbonyl (C=O) groups excluding carboxylic acids is 1. The van der Waals surface area contributed by atoms with E-state index in [2.05, 4.69) is 10.3 Å². The van der Waals surface area contributed by atoms with Gasteiger partial charge in [0.1, 0.15) is 0 Å². The van der Waals surface area contributed by atoms with Gasteiger partial charge in [-0.15, -0.1) is 0 Å². The third-order valence-corrected chi connectivity index (χ3v) is 1.92. The average molecular weight is 202 g/mol. The van der Waals surface area contributed by atoms with Crippen molar-refractivity contribution in [3.63, 3.8) is 0 Å². The van der Waals surface area contributed by atoms with Crippen molar-refractivity contribution in [2.75, 3.05) is 0 Å². The molecule has 0 aliphatic heterocycles. The van der Waals surface area contributed by atoms with Crippen molar-refractivity contribution in [1.29, 1.82) is 0 Å². The molecule has 0 unspecified atom stereocenters. The lowest BCUT2D eigenvalue weighted by Gasteiger charge is -1.97. The number of carboxylic acids is 1. The number of aliphatic carboxylic acids is 1. The molecule has 1 aromatic heterocycles. The fraction of sp³-hybridized carbons (Fsp3) is 0.167. The Morgan fingerprint density at radius 3 is 2.77 bits per heavy atom. The number of carboxylic acid groups (broad SMARTS) is 1. The number of aromatic amines is 1. The molecule has 0 atom stereocenters. The number of nitrogens with one attached hydrogen (secondary N) is 2. The molecule has 1 aromatic rings. The summed E-state index contributed by atoms with van der Waals surface area (Å²) in [5.41, 5.74) is 0.490. The molecule has 1 rings (SSSR count). The number of carbonyl (C=O) groups is 2. The zero-order valence-corrected chi connectivity index (χ0v) is 7.18. The highest BCUT2D eigenvalue weighted by Crippen LogP contribution is 1.93. The van der Waals surface area contributed by atoms with Crippen molar-refractivity contribution in [2.24, 2.45) is 0 Å². The minimum atomic E-state index is -1.54. The predicted molar refractivity (Wildman–Crippen MR) is 44.4 cm³/mol. The van der Waals surface area contributed by atoms with E-state index in [1.165, 1.54) is 5.38 Å². The van der Waals surface area contributed by atoms with Gasteiger partial charge in [-0.2, -0.15) is 0 Å². The van der Waals surface area contributed by atoms with Crippen molar-refractivity contribution >= 4 is 23.2 Å². The van der Waals surface area contributed by atoms with Gasteiger partial charge >= 0.3 is 16.7 Å². The topological polar surface area (TPSA) is 99.3 Å². The van der Waals surface area contributed by atoms with E-state index in [1.54, 1.807) is 0 Å². The number of H-pyrrole nitrogens is 1. The molecule has 13 heavy (non-hydrogen) atoms. The van der Waals surface area contributed by atoms with Crippen LogP contribution >= 0.6 is 11.3 Å². The van der Waals surface area contributed by atoms with E-state index in [0.29, 0.717) is 5.69 Å². The van der Waals surface area contributed by atoms with Gasteiger partial charge in [0.05, 0.1) is 6.54 Å². The first-order valence-corrected chi connectivity index (χ1v) is 4.15. The molecule has 0 saturated heterocycles. The summed E-state index contributed by atoms with van der Waals surface area (Å²) in [4.78, 5) is 33.4. The lowest BCUT2D eigenvalue weighted by Crippen LogP contribution is -2.30. The molecule has 0 aromatic carbocycles. The van der Waals surface area contributed by atoms with Crippen LogP contribution in [0.15, 0.2) is 10.2 Å². The Morgan fingerprint density at radius 1 is 1.62 bits per heavy atom. The molecular weight excluding hydrogens is 196 g/mol. The Kier molecular flexibility index (Phi) is 2.80. The van der Waals surface area contributed by atoms with Gasteiger partial charge in [-0.05, 0) is 0 Å². The van der Waals surface area contributed by atoms with E-state index in [9.17, 15) is 14.4 Å². The number of aromatic nitrogens is 1. The highest BCUT2D eigenvalue weighted by molar-refractivity contribution is 7.07. The summed E-state index contributed by atoms with van der Waals surface area (Å²) in [6.45, 7) is 0.0177. The van der Waals surface area contributed by atoms with Gasteiger partial charge in [0.2, 0.25) is 0 Å². The summed E-state index contributed by atoms with van der Waals surface area (Å²) in [7, 11) is 0. The average Bonchev–Trinajstić information content (AvgIpc) is 2.47. The minimum absolute atomic E-state index is 0.0177. The van der Waals surface area contributed by atoms with Crippen LogP contribution in [0.2, 0.25) is 0 Å². The van der Waals surface area contributed by atoms with Gasteiger partial charge in [0.25, 0.3) is 0 Å². The van der Waals surface area contributed by atoms with Crippen LogP contribution < -0.4 is 10.2 Å². The summed E-state index contributed by atoms with van der Waals surface area (Å²) < 4.78 is 0. The highest BCUT2D eigenvalue weighted by atomic mass is 32.1. The molecule has 0 radical (unpaired) electrons. The number of hydrogen-bond donors (Lipinski definition) is 3. The molecule has 0 spiro atoms. The first-order valence-electron chi connectivity index (χ1n) is 3.27. The summed E-state index contributed by atoms with van der Waals surface area (Å²) in [6.07, 6.45) is 0. The summed E-state index contributed by atoms with van der Waals surface area (Å²) in [5, 5.41) is 11.8. The Morgan fingerprint density at radius 2 is 2.31 bits per heavy atom. The van der Waals surface area contributed by atoms with Gasteiger partial charge in [0.15, 0.2) is 0 Å². The molecule has 3 N–H and O–H groups in total. The van der Waals surface area contributed by atoms with Crippen LogP contribution in [0.25, 0.3) is 0 Å². The van der Waals surface area contributed by atoms with E-state index in [0.717, 1.165) is 11.3 Å². The quantitative estimate of drug-likeness (QED) is 0.543. The molecule has 0 aliphatic rings. The van der Waals surface area contributed by atoms with E-state index in [-0.39, 0.29) is 11.4 Å². The van der Waals surface area contributed by atoms with Crippen LogP contribution in [-0.2, 0) is 16.1 Å². The second-order valence-electron chi connectivity index (χ2n) is 2.16. The van der Waals surface area contributed by atoms with Crippen molar-refractivity contribution in [2.45, 2.75) is 6.54 Å². The predicted octanol–water partition coefficient (Wildman–Crippen LogP) is -0.863. The molecule has 1 heterocycles. The maximum atomic E-state index is 10.6. The van der Waals surface area contributed by atoms with Crippen LogP contribution in [-0.4, -0.2) is 22.0 Å². The zero-order chi connectivity index (χ0) is 9.84. The van der Waals surface area contributed by atoms with E-state index >= 15 is 0 Å². The molecule has 1 amide bonds. The minimum Gasteiger partial charge on any atom is -0.474 e. The second kappa shape index (κ2) is 3.85. The van der Waals surface area contributed by atoms with Crippen LogP contribution in [0, 0.1) is 0 Å². The normalized spacial score (nSPS) is 9.54. The SMILES string of the molecule is O=C(O)C(=O)NCc1csc(=O)[nH]1. The number of rotatable bonds is 2. The van der Waals surface area contributed by atoms with Crippen molar-refractivity contribution < 1.29 is 14.7 Å². The van der Waals surface area contributed by atoms with Crippen molar-refractivity contribution in [1.82, 2.24) is 10.3 Å². The molecule has 7 heteroatoms. The van der Waals surface area contributed by atoms with Gasteiger partial charge in [-0.25, -0.2) is 4.79 Å². The maximum absolute atomic E-state index is 10.6. The van der Waals surface area contributed by atoms with E-state index in [1.807, 2.05) is 0 Å². The summed E-state index contributed by atoms with van der Waals surface area (Å²) in [6, 6.07) is 0. The van der Waals surface area contributed by atoms with E-state index < -0.39 is 11.9 Å². The lowest BCUT2D eigenvalue weighted by atomic mass is 10.4. The van der Waals surface area contributed by atoms with Crippen LogP contribution in [0.5, 0.6) is 0 Å². The largest absolute Gasteiger partial charge is 0.474 e. The van der Waals surface area contributed by atoms with Gasteiger partial charge in [-0.3, -0.25) is 9.59 Å². The number of hydrogen-bond acceptors (Lipinski definition) is 4.